The summed E-state index contributed by atoms with van der Waals surface area (Å²) >= 11 is 0. The Balaban J connectivity index is 1.36. The van der Waals surface area contributed by atoms with Crippen LogP contribution in [0.3, 0.4) is 0 Å². The van der Waals surface area contributed by atoms with E-state index >= 15 is 4.39 Å². The Kier molecular flexibility index (Phi) is 8.03. The van der Waals surface area contributed by atoms with Gasteiger partial charge in [0.25, 0.3) is 0 Å². The van der Waals surface area contributed by atoms with E-state index < -0.39 is 11.6 Å². The summed E-state index contributed by atoms with van der Waals surface area (Å²) in [5, 5.41) is 14.7. The minimum Gasteiger partial charge on any atom is -0.508 e. The predicted molar refractivity (Wildman–Crippen MR) is 171 cm³/mol. The number of methoxy groups -OCH3 is 1. The summed E-state index contributed by atoms with van der Waals surface area (Å²) in [7, 11) is 3.58. The molecule has 1 saturated heterocycles. The molecule has 0 amide bonds. The van der Waals surface area contributed by atoms with Gasteiger partial charge in [-0.15, -0.1) is 6.42 Å². The Bertz CT molecular complexity index is 1860. The molecular weight excluding hydrogens is 592 g/mol. The molecule has 0 bridgehead atoms. The second-order valence-electron chi connectivity index (χ2n) is 12.7. The Morgan fingerprint density at radius 2 is 1.93 bits per heavy atom. The van der Waals surface area contributed by atoms with Crippen molar-refractivity contribution in [2.45, 2.75) is 57.1 Å². The van der Waals surface area contributed by atoms with E-state index in [0.29, 0.717) is 37.0 Å². The number of rotatable bonds is 10. The van der Waals surface area contributed by atoms with Gasteiger partial charge in [0.05, 0.1) is 32.0 Å². The van der Waals surface area contributed by atoms with Crippen LogP contribution in [0.1, 0.15) is 50.5 Å². The van der Waals surface area contributed by atoms with Gasteiger partial charge in [-0.2, -0.15) is 9.97 Å². The molecule has 9 nitrogen and oxygen atoms in total. The summed E-state index contributed by atoms with van der Waals surface area (Å²) < 4.78 is 49.5. The van der Waals surface area contributed by atoms with E-state index in [1.807, 2.05) is 0 Å². The zero-order chi connectivity index (χ0) is 32.0. The molecule has 2 N–H and O–H groups in total. The fraction of sp³-hybridized carbons (Fsp3) is 0.457. The second kappa shape index (κ2) is 12.2. The molecule has 7 rings (SSSR count). The van der Waals surface area contributed by atoms with Gasteiger partial charge < -0.3 is 29.5 Å². The van der Waals surface area contributed by atoms with Crippen LogP contribution in [0, 0.1) is 29.4 Å². The van der Waals surface area contributed by atoms with Crippen LogP contribution in [0.15, 0.2) is 24.3 Å². The lowest BCUT2D eigenvalue weighted by Gasteiger charge is -2.44. The van der Waals surface area contributed by atoms with Crippen molar-refractivity contribution in [3.8, 4) is 41.2 Å². The first-order valence-corrected chi connectivity index (χ1v) is 15.9. The Morgan fingerprint density at radius 3 is 2.72 bits per heavy atom. The van der Waals surface area contributed by atoms with Crippen molar-refractivity contribution in [1.29, 1.82) is 0 Å². The number of halogens is 2. The van der Waals surface area contributed by atoms with Gasteiger partial charge in [0.15, 0.2) is 5.82 Å². The Hall–Kier alpha value is -4.27. The number of aromatic hydroxyl groups is 1. The summed E-state index contributed by atoms with van der Waals surface area (Å²) in [4.78, 5) is 16.2. The van der Waals surface area contributed by atoms with Crippen LogP contribution in [0.25, 0.3) is 32.9 Å². The van der Waals surface area contributed by atoms with E-state index in [2.05, 4.69) is 38.1 Å². The first-order chi connectivity index (χ1) is 22.3. The molecule has 3 heterocycles. The Labute approximate surface area is 266 Å². The van der Waals surface area contributed by atoms with Crippen LogP contribution >= 0.6 is 0 Å². The van der Waals surface area contributed by atoms with Crippen molar-refractivity contribution in [3.05, 3.63) is 41.5 Å². The topological polar surface area (TPSA) is 102 Å². The highest BCUT2D eigenvalue weighted by Crippen LogP contribution is 2.48. The number of phenolic OH excluding ortho intramolecular Hbond substituents is 1. The number of likely N-dealkylation sites (tertiary alicyclic amines) is 1. The summed E-state index contributed by atoms with van der Waals surface area (Å²) in [5.41, 5.74) is -0.281. The van der Waals surface area contributed by atoms with Gasteiger partial charge in [0, 0.05) is 29.0 Å². The van der Waals surface area contributed by atoms with E-state index in [-0.39, 0.29) is 62.3 Å². The summed E-state index contributed by atoms with van der Waals surface area (Å²) in [6.07, 6.45) is 13.5. The molecule has 46 heavy (non-hydrogen) atoms. The average Bonchev–Trinajstić information content (AvgIpc) is 3.78. The number of aromatic nitrogens is 3. The van der Waals surface area contributed by atoms with Crippen molar-refractivity contribution >= 4 is 27.5 Å². The summed E-state index contributed by atoms with van der Waals surface area (Å²) in [5.74, 6) is 1.09. The van der Waals surface area contributed by atoms with Crippen LogP contribution < -0.4 is 14.8 Å². The number of piperidine rings is 1. The van der Waals surface area contributed by atoms with Crippen molar-refractivity contribution in [2.24, 2.45) is 5.41 Å². The minimum absolute atomic E-state index is 0.0210. The third kappa shape index (κ3) is 5.43. The maximum atomic E-state index is 16.8. The lowest BCUT2D eigenvalue weighted by atomic mass is 9.76. The molecular formula is C35H37F2N5O4. The molecule has 11 heteroatoms. The maximum absolute atomic E-state index is 16.8. The highest BCUT2D eigenvalue weighted by molar-refractivity contribution is 6.04. The minimum atomic E-state index is -0.811. The molecule has 2 aliphatic carbocycles. The quantitative estimate of drug-likeness (QED) is 0.160. The highest BCUT2D eigenvalue weighted by atomic mass is 19.1. The van der Waals surface area contributed by atoms with Crippen LogP contribution in [-0.4, -0.2) is 77.6 Å². The average molecular weight is 630 g/mol. The number of anilines is 1. The normalized spacial score (nSPS) is 21.3. The van der Waals surface area contributed by atoms with E-state index in [4.69, 9.17) is 20.6 Å². The van der Waals surface area contributed by atoms with E-state index in [1.165, 1.54) is 31.4 Å². The molecule has 2 atom stereocenters. The van der Waals surface area contributed by atoms with Crippen LogP contribution in [0.4, 0.5) is 14.6 Å². The molecule has 1 aliphatic heterocycles. The molecule has 240 valence electrons. The molecule has 3 fully saturated rings. The van der Waals surface area contributed by atoms with Crippen molar-refractivity contribution in [1.82, 2.24) is 19.9 Å². The standard InChI is InChI=1S/C35H37F2N5O4/c1-4-23-25(36)11-8-20-17-21(43)18-24(27(20)23)30-29(37)31-28(33(39-30)44-3)32(38-14-16-45-22-9-10-22)41-34(40-31)46-19-35-12-5-7-26(35)42(2)15-6-13-35/h1,8,11,17-18,22,26,43H,5-7,9-10,12-16,19H2,2-3H3,(H,38,40,41). The fourth-order valence-corrected chi connectivity index (χ4v) is 7.41. The van der Waals surface area contributed by atoms with E-state index in [0.717, 1.165) is 51.5 Å². The molecule has 2 aromatic heterocycles. The van der Waals surface area contributed by atoms with Gasteiger partial charge in [0.1, 0.15) is 34.0 Å². The number of hydrogen-bond donors (Lipinski definition) is 2. The molecule has 3 aliphatic rings. The third-order valence-corrected chi connectivity index (χ3v) is 9.71. The van der Waals surface area contributed by atoms with Crippen molar-refractivity contribution in [2.75, 3.05) is 45.8 Å². The molecule has 4 aromatic rings. The van der Waals surface area contributed by atoms with Gasteiger partial charge in [-0.05, 0) is 75.7 Å². The largest absolute Gasteiger partial charge is 0.508 e. The van der Waals surface area contributed by atoms with Gasteiger partial charge in [-0.1, -0.05) is 18.4 Å². The number of benzene rings is 2. The number of nitrogens with one attached hydrogen (secondary N) is 1. The number of ether oxygens (including phenoxy) is 3. The first kappa shape index (κ1) is 30.4. The van der Waals surface area contributed by atoms with Crippen LogP contribution in [0.2, 0.25) is 0 Å². The van der Waals surface area contributed by atoms with Gasteiger partial charge in [-0.3, -0.25) is 0 Å². The van der Waals surface area contributed by atoms with Crippen molar-refractivity contribution < 1.29 is 28.1 Å². The van der Waals surface area contributed by atoms with E-state index in [1.54, 1.807) is 0 Å². The van der Waals surface area contributed by atoms with Crippen LogP contribution in [-0.2, 0) is 4.74 Å². The molecule has 2 saturated carbocycles. The lowest BCUT2D eigenvalue weighted by Crippen LogP contribution is -2.50. The van der Waals surface area contributed by atoms with Gasteiger partial charge >= 0.3 is 6.01 Å². The molecule has 2 unspecified atom stereocenters. The highest BCUT2D eigenvalue weighted by Gasteiger charge is 2.47. The van der Waals surface area contributed by atoms with Crippen molar-refractivity contribution in [3.63, 3.8) is 0 Å². The smallest absolute Gasteiger partial charge is 0.319 e. The predicted octanol–water partition coefficient (Wildman–Crippen LogP) is 6.05. The summed E-state index contributed by atoms with van der Waals surface area (Å²) in [6.45, 7) is 2.32. The number of fused-ring (bicyclic) bond motifs is 3. The lowest BCUT2D eigenvalue weighted by molar-refractivity contribution is 0.0133. The first-order valence-electron chi connectivity index (χ1n) is 15.9. The second-order valence-corrected chi connectivity index (χ2v) is 12.7. The number of terminal acetylenes is 1. The zero-order valence-corrected chi connectivity index (χ0v) is 26.0. The Morgan fingerprint density at radius 1 is 1.11 bits per heavy atom. The van der Waals surface area contributed by atoms with Gasteiger partial charge in [-0.25, -0.2) is 13.8 Å². The number of nitrogens with zero attached hydrogens (tertiary/aromatic N) is 4. The number of phenols is 1. The zero-order valence-electron chi connectivity index (χ0n) is 26.0. The van der Waals surface area contributed by atoms with E-state index in [9.17, 15) is 9.50 Å². The molecule has 0 spiro atoms. The number of pyridine rings is 1. The fourth-order valence-electron chi connectivity index (χ4n) is 7.41. The molecule has 0 radical (unpaired) electrons. The monoisotopic (exact) mass is 629 g/mol. The van der Waals surface area contributed by atoms with Gasteiger partial charge in [0.2, 0.25) is 5.88 Å². The number of hydrogen-bond acceptors (Lipinski definition) is 9. The van der Waals surface area contributed by atoms with Crippen LogP contribution in [0.5, 0.6) is 17.6 Å². The maximum Gasteiger partial charge on any atom is 0.319 e. The third-order valence-electron chi connectivity index (χ3n) is 9.71. The molecule has 2 aromatic carbocycles. The summed E-state index contributed by atoms with van der Waals surface area (Å²) in [6, 6.07) is 5.88. The SMILES string of the molecule is C#Cc1c(F)ccc2cc(O)cc(-c3nc(OC)c4c(NCCOC5CC5)nc(OCC56CCCC5N(C)CCC6)nc4c3F)c12.